The summed E-state index contributed by atoms with van der Waals surface area (Å²) in [6, 6.07) is 4.63. The molecular weight excluding hydrogens is 256 g/mol. The first-order chi connectivity index (χ1) is 9.62. The van der Waals surface area contributed by atoms with E-state index < -0.39 is 4.92 Å². The Morgan fingerprint density at radius 3 is 2.80 bits per heavy atom. The van der Waals surface area contributed by atoms with Crippen molar-refractivity contribution in [3.05, 3.63) is 27.9 Å². The largest absolute Gasteiger partial charge is 0.370 e. The highest BCUT2D eigenvalue weighted by Crippen LogP contribution is 2.19. The lowest BCUT2D eigenvalue weighted by Gasteiger charge is -2.15. The van der Waals surface area contributed by atoms with Crippen LogP contribution in [0.5, 0.6) is 0 Å². The van der Waals surface area contributed by atoms with E-state index in [-0.39, 0.29) is 11.4 Å². The fourth-order valence-electron chi connectivity index (χ4n) is 1.97. The number of hydrogen-bond acceptors (Lipinski definition) is 5. The Morgan fingerprint density at radius 1 is 1.50 bits per heavy atom. The molecular formula is C14H20N4O2. The molecule has 1 rings (SSSR count). The van der Waals surface area contributed by atoms with Crippen molar-refractivity contribution >= 4 is 11.5 Å². The maximum Gasteiger partial charge on any atom is 0.305 e. The molecule has 0 aliphatic rings. The van der Waals surface area contributed by atoms with Gasteiger partial charge < -0.3 is 5.32 Å². The third-order valence-electron chi connectivity index (χ3n) is 3.29. The van der Waals surface area contributed by atoms with Crippen molar-refractivity contribution in [3.63, 3.8) is 0 Å². The van der Waals surface area contributed by atoms with Gasteiger partial charge in [-0.1, -0.05) is 33.1 Å². The minimum Gasteiger partial charge on any atom is -0.370 e. The summed E-state index contributed by atoms with van der Waals surface area (Å²) in [4.78, 5) is 14.1. The van der Waals surface area contributed by atoms with E-state index in [1.54, 1.807) is 12.1 Å². The molecule has 0 saturated carbocycles. The second-order valence-corrected chi connectivity index (χ2v) is 4.73. The van der Waals surface area contributed by atoms with Crippen molar-refractivity contribution < 1.29 is 4.92 Å². The minimum absolute atomic E-state index is 0.151. The van der Waals surface area contributed by atoms with Gasteiger partial charge in [0.25, 0.3) is 0 Å². The molecule has 6 nitrogen and oxygen atoms in total. The lowest BCUT2D eigenvalue weighted by Crippen LogP contribution is -2.14. The molecule has 0 fully saturated rings. The van der Waals surface area contributed by atoms with E-state index in [1.165, 1.54) is 18.9 Å². The highest BCUT2D eigenvalue weighted by Gasteiger charge is 2.15. The van der Waals surface area contributed by atoms with Crippen molar-refractivity contribution in [2.24, 2.45) is 5.92 Å². The Bertz CT molecular complexity index is 496. The number of nitro groups is 1. The molecule has 1 aromatic rings. The molecule has 0 aliphatic heterocycles. The molecule has 0 amide bonds. The summed E-state index contributed by atoms with van der Waals surface area (Å²) in [7, 11) is 0. The number of rotatable bonds is 8. The molecule has 1 heterocycles. The van der Waals surface area contributed by atoms with Crippen LogP contribution in [0.4, 0.5) is 11.5 Å². The molecule has 1 N–H and O–H groups in total. The average Bonchev–Trinajstić information content (AvgIpc) is 2.47. The highest BCUT2D eigenvalue weighted by atomic mass is 16.6. The number of pyridine rings is 1. The third-order valence-corrected chi connectivity index (χ3v) is 3.29. The molecule has 0 spiro atoms. The normalized spacial score (nSPS) is 11.7. The van der Waals surface area contributed by atoms with Crippen LogP contribution in [0.3, 0.4) is 0 Å². The van der Waals surface area contributed by atoms with Crippen molar-refractivity contribution in [1.82, 2.24) is 4.98 Å². The molecule has 0 saturated heterocycles. The predicted octanol–water partition coefficient (Wildman–Crippen LogP) is 3.49. The van der Waals surface area contributed by atoms with E-state index in [9.17, 15) is 10.1 Å². The van der Waals surface area contributed by atoms with E-state index in [2.05, 4.69) is 24.1 Å². The van der Waals surface area contributed by atoms with Gasteiger partial charge in [-0.2, -0.15) is 5.26 Å². The number of nitriles is 1. The standard InChI is InChI=1S/C14H20N4O2/c1-3-5-6-11(4-2)10-16-14-8-7-13(18(19)20)12(9-15)17-14/h7-8,11H,3-6,10H2,1-2H3,(H,16,17). The van der Waals surface area contributed by atoms with E-state index in [0.717, 1.165) is 19.4 Å². The predicted molar refractivity (Wildman–Crippen MR) is 77.4 cm³/mol. The van der Waals surface area contributed by atoms with Crippen LogP contribution in [0, 0.1) is 27.4 Å². The Balaban J connectivity index is 2.69. The lowest BCUT2D eigenvalue weighted by atomic mass is 9.99. The zero-order valence-electron chi connectivity index (χ0n) is 11.9. The first-order valence-corrected chi connectivity index (χ1v) is 6.91. The topological polar surface area (TPSA) is 91.9 Å². The van der Waals surface area contributed by atoms with Crippen LogP contribution >= 0.6 is 0 Å². The van der Waals surface area contributed by atoms with Crippen molar-refractivity contribution in [2.45, 2.75) is 39.5 Å². The Kier molecular flexibility index (Phi) is 6.44. The molecule has 0 bridgehead atoms. The zero-order chi connectivity index (χ0) is 15.0. The van der Waals surface area contributed by atoms with Crippen molar-refractivity contribution in [1.29, 1.82) is 5.26 Å². The molecule has 20 heavy (non-hydrogen) atoms. The lowest BCUT2D eigenvalue weighted by molar-refractivity contribution is -0.385. The number of aromatic nitrogens is 1. The van der Waals surface area contributed by atoms with Gasteiger partial charge in [-0.3, -0.25) is 10.1 Å². The van der Waals surface area contributed by atoms with Crippen LogP contribution in [-0.2, 0) is 0 Å². The van der Waals surface area contributed by atoms with Gasteiger partial charge in [-0.05, 0) is 18.4 Å². The van der Waals surface area contributed by atoms with Gasteiger partial charge in [0.15, 0.2) is 0 Å². The SMILES string of the molecule is CCCCC(CC)CNc1ccc([N+](=O)[O-])c(C#N)n1. The fraction of sp³-hybridized carbons (Fsp3) is 0.571. The monoisotopic (exact) mass is 276 g/mol. The average molecular weight is 276 g/mol. The summed E-state index contributed by atoms with van der Waals surface area (Å²) < 4.78 is 0. The summed E-state index contributed by atoms with van der Waals surface area (Å²) in [5.74, 6) is 1.07. The molecule has 6 heteroatoms. The maximum absolute atomic E-state index is 10.7. The van der Waals surface area contributed by atoms with E-state index in [0.29, 0.717) is 11.7 Å². The van der Waals surface area contributed by atoms with Gasteiger partial charge in [0.05, 0.1) is 4.92 Å². The minimum atomic E-state index is -0.592. The second-order valence-electron chi connectivity index (χ2n) is 4.73. The van der Waals surface area contributed by atoms with Gasteiger partial charge in [-0.25, -0.2) is 4.98 Å². The van der Waals surface area contributed by atoms with Crippen LogP contribution in [0.25, 0.3) is 0 Å². The highest BCUT2D eigenvalue weighted by molar-refractivity contribution is 5.50. The molecule has 0 aliphatic carbocycles. The van der Waals surface area contributed by atoms with E-state index in [4.69, 9.17) is 5.26 Å². The first-order valence-electron chi connectivity index (χ1n) is 6.91. The smallest absolute Gasteiger partial charge is 0.305 e. The van der Waals surface area contributed by atoms with E-state index >= 15 is 0 Å². The number of hydrogen-bond donors (Lipinski definition) is 1. The molecule has 0 radical (unpaired) electrons. The zero-order valence-corrected chi connectivity index (χ0v) is 11.9. The van der Waals surface area contributed by atoms with Crippen LogP contribution in [0.2, 0.25) is 0 Å². The number of nitrogens with one attached hydrogen (secondary N) is 1. The summed E-state index contributed by atoms with van der Waals surface area (Å²) in [5, 5.41) is 22.8. The van der Waals surface area contributed by atoms with Crippen LogP contribution in [-0.4, -0.2) is 16.5 Å². The van der Waals surface area contributed by atoms with Gasteiger partial charge in [0.1, 0.15) is 11.9 Å². The maximum atomic E-state index is 10.7. The number of nitrogens with zero attached hydrogens (tertiary/aromatic N) is 3. The molecule has 1 atom stereocenters. The van der Waals surface area contributed by atoms with Crippen molar-refractivity contribution in [3.8, 4) is 6.07 Å². The Labute approximate surface area is 119 Å². The van der Waals surface area contributed by atoms with Crippen LogP contribution in [0.1, 0.15) is 45.2 Å². The molecule has 0 aromatic carbocycles. The molecule has 1 aromatic heterocycles. The molecule has 1 unspecified atom stereocenters. The quantitative estimate of drug-likeness (QED) is 0.579. The van der Waals surface area contributed by atoms with E-state index in [1.807, 2.05) is 0 Å². The summed E-state index contributed by atoms with van der Waals surface area (Å²) in [6.07, 6.45) is 4.59. The fourth-order valence-corrected chi connectivity index (χ4v) is 1.97. The summed E-state index contributed by atoms with van der Waals surface area (Å²) in [6.45, 7) is 5.08. The number of anilines is 1. The Morgan fingerprint density at radius 2 is 2.25 bits per heavy atom. The van der Waals surface area contributed by atoms with Gasteiger partial charge in [0.2, 0.25) is 5.69 Å². The second kappa shape index (κ2) is 8.10. The Hall–Kier alpha value is -2.16. The summed E-state index contributed by atoms with van der Waals surface area (Å²) in [5.41, 5.74) is -0.405. The van der Waals surface area contributed by atoms with Gasteiger partial charge in [0, 0.05) is 12.6 Å². The van der Waals surface area contributed by atoms with Crippen molar-refractivity contribution in [2.75, 3.05) is 11.9 Å². The van der Waals surface area contributed by atoms with Gasteiger partial charge in [-0.15, -0.1) is 0 Å². The first kappa shape index (κ1) is 15.9. The van der Waals surface area contributed by atoms with Crippen LogP contribution in [0.15, 0.2) is 12.1 Å². The van der Waals surface area contributed by atoms with Crippen LogP contribution < -0.4 is 5.32 Å². The summed E-state index contributed by atoms with van der Waals surface area (Å²) >= 11 is 0. The number of unbranched alkanes of at least 4 members (excludes halogenated alkanes) is 1. The third kappa shape index (κ3) is 4.50. The molecule has 108 valence electrons. The van der Waals surface area contributed by atoms with Gasteiger partial charge >= 0.3 is 5.69 Å².